The molecule has 0 saturated heterocycles. The third-order valence-corrected chi connectivity index (χ3v) is 1.80. The van der Waals surface area contributed by atoms with E-state index in [2.05, 4.69) is 15.6 Å². The van der Waals surface area contributed by atoms with E-state index in [1.54, 1.807) is 0 Å². The molecule has 5 nitrogen and oxygen atoms in total. The first-order chi connectivity index (χ1) is 7.34. The van der Waals surface area contributed by atoms with Gasteiger partial charge in [0.1, 0.15) is 0 Å². The molecular formula is C8H13Cl2N3O2S. The quantitative estimate of drug-likeness (QED) is 0.727. The van der Waals surface area contributed by atoms with Crippen LogP contribution in [0.1, 0.15) is 0 Å². The Hall–Kier alpha value is -0.530. The molecule has 1 rings (SSSR count). The van der Waals surface area contributed by atoms with E-state index < -0.39 is 10.2 Å². The monoisotopic (exact) mass is 285 g/mol. The van der Waals surface area contributed by atoms with Gasteiger partial charge in [0.25, 0.3) is 10.2 Å². The maximum absolute atomic E-state index is 9.19. The molecule has 16 heavy (non-hydrogen) atoms. The van der Waals surface area contributed by atoms with Crippen molar-refractivity contribution >= 4 is 39.1 Å². The van der Waals surface area contributed by atoms with Crippen LogP contribution in [-0.2, 0) is 10.2 Å². The van der Waals surface area contributed by atoms with Crippen molar-refractivity contribution in [1.82, 2.24) is 0 Å². The predicted molar refractivity (Wildman–Crippen MR) is 68.0 cm³/mol. The molecule has 0 spiro atoms. The Morgan fingerprint density at radius 2 is 1.75 bits per heavy atom. The van der Waals surface area contributed by atoms with Gasteiger partial charge in [-0.05, 0) is 12.1 Å². The third kappa shape index (κ3) is 10.0. The molecule has 0 amide bonds. The van der Waals surface area contributed by atoms with Gasteiger partial charge in [0.2, 0.25) is 0 Å². The summed E-state index contributed by atoms with van der Waals surface area (Å²) in [6, 6.07) is 7.60. The topological polar surface area (TPSA) is 98.2 Å². The molecule has 0 aromatic heterocycles. The molecule has 0 aliphatic rings. The largest absolute Gasteiger partial charge is 0.383 e. The van der Waals surface area contributed by atoms with Crippen LogP contribution in [0.3, 0.4) is 0 Å². The summed E-state index contributed by atoms with van der Waals surface area (Å²) in [4.78, 5) is 0. The van der Waals surface area contributed by atoms with Gasteiger partial charge in [-0.25, -0.2) is 10.3 Å². The lowest BCUT2D eigenvalue weighted by Gasteiger charge is -2.04. The molecule has 0 heterocycles. The second-order valence-corrected chi connectivity index (χ2v) is 4.65. The van der Waals surface area contributed by atoms with Gasteiger partial charge in [-0.3, -0.25) is 0 Å². The van der Waals surface area contributed by atoms with Crippen molar-refractivity contribution < 1.29 is 8.42 Å². The first-order valence-electron chi connectivity index (χ1n) is 4.19. The van der Waals surface area contributed by atoms with Crippen molar-refractivity contribution in [3.05, 3.63) is 29.3 Å². The standard InChI is InChI=1S/C8H9Cl2N.H4N2O2S/c9-5-6-11-8-4-2-1-3-7(8)10;1-5(2,3)4/h1-4,11H,5-6H2;(H4,1,2,3,4). The molecular weight excluding hydrogens is 273 g/mol. The Labute approximate surface area is 105 Å². The van der Waals surface area contributed by atoms with Crippen LogP contribution in [-0.4, -0.2) is 20.8 Å². The minimum atomic E-state index is -3.67. The van der Waals surface area contributed by atoms with Gasteiger partial charge in [-0.1, -0.05) is 23.7 Å². The number of hydrogen-bond acceptors (Lipinski definition) is 3. The molecule has 0 bridgehead atoms. The smallest absolute Gasteiger partial charge is 0.271 e. The maximum Gasteiger partial charge on any atom is 0.271 e. The van der Waals surface area contributed by atoms with Gasteiger partial charge in [0.05, 0.1) is 10.7 Å². The Morgan fingerprint density at radius 1 is 1.25 bits per heavy atom. The van der Waals surface area contributed by atoms with Gasteiger partial charge in [0.15, 0.2) is 0 Å². The molecule has 8 heteroatoms. The number of anilines is 1. The highest BCUT2D eigenvalue weighted by atomic mass is 35.5. The van der Waals surface area contributed by atoms with E-state index in [0.717, 1.165) is 17.3 Å². The van der Waals surface area contributed by atoms with E-state index >= 15 is 0 Å². The van der Waals surface area contributed by atoms with Crippen LogP contribution in [0.15, 0.2) is 24.3 Å². The Balaban J connectivity index is 0.000000385. The van der Waals surface area contributed by atoms with Crippen LogP contribution in [0.4, 0.5) is 5.69 Å². The lowest BCUT2D eigenvalue weighted by molar-refractivity contribution is 0.599. The number of nitrogens with one attached hydrogen (secondary N) is 1. The molecule has 0 saturated carbocycles. The van der Waals surface area contributed by atoms with Crippen LogP contribution in [0.5, 0.6) is 0 Å². The highest BCUT2D eigenvalue weighted by Crippen LogP contribution is 2.19. The number of benzene rings is 1. The molecule has 0 atom stereocenters. The summed E-state index contributed by atoms with van der Waals surface area (Å²) in [7, 11) is -3.67. The van der Waals surface area contributed by atoms with Crippen LogP contribution < -0.4 is 15.6 Å². The summed E-state index contributed by atoms with van der Waals surface area (Å²) in [5.74, 6) is 0.589. The molecule has 0 aliphatic carbocycles. The third-order valence-electron chi connectivity index (χ3n) is 1.28. The van der Waals surface area contributed by atoms with Crippen LogP contribution >= 0.6 is 23.2 Å². The summed E-state index contributed by atoms with van der Waals surface area (Å²) >= 11 is 11.4. The Kier molecular flexibility index (Phi) is 7.44. The van der Waals surface area contributed by atoms with Crippen molar-refractivity contribution in [2.24, 2.45) is 10.3 Å². The molecule has 0 fully saturated rings. The van der Waals surface area contributed by atoms with E-state index in [1.165, 1.54) is 0 Å². The number of nitrogens with two attached hydrogens (primary N) is 2. The Bertz CT molecular complexity index is 403. The molecule has 1 aromatic carbocycles. The minimum Gasteiger partial charge on any atom is -0.383 e. The number of halogens is 2. The minimum absolute atomic E-state index is 0.589. The van der Waals surface area contributed by atoms with E-state index in [0.29, 0.717) is 5.88 Å². The average molecular weight is 286 g/mol. The summed E-state index contributed by atoms with van der Waals surface area (Å²) in [5.41, 5.74) is 0.940. The molecule has 92 valence electrons. The van der Waals surface area contributed by atoms with E-state index in [-0.39, 0.29) is 0 Å². The molecule has 0 radical (unpaired) electrons. The predicted octanol–water partition coefficient (Wildman–Crippen LogP) is 1.14. The van der Waals surface area contributed by atoms with Crippen molar-refractivity contribution in [1.29, 1.82) is 0 Å². The molecule has 5 N–H and O–H groups in total. The Morgan fingerprint density at radius 3 is 2.19 bits per heavy atom. The van der Waals surface area contributed by atoms with E-state index in [1.807, 2.05) is 24.3 Å². The van der Waals surface area contributed by atoms with Gasteiger partial charge >= 0.3 is 0 Å². The lowest BCUT2D eigenvalue weighted by atomic mass is 10.3. The van der Waals surface area contributed by atoms with E-state index in [4.69, 9.17) is 23.2 Å². The van der Waals surface area contributed by atoms with Crippen LogP contribution in [0.25, 0.3) is 0 Å². The number of hydrogen-bond donors (Lipinski definition) is 3. The number of alkyl halides is 1. The van der Waals surface area contributed by atoms with Gasteiger partial charge in [-0.15, -0.1) is 11.6 Å². The SMILES string of the molecule is ClCCNc1ccccc1Cl.NS(N)(=O)=O. The lowest BCUT2D eigenvalue weighted by Crippen LogP contribution is -2.21. The number of para-hydroxylation sites is 1. The summed E-state index contributed by atoms with van der Waals surface area (Å²) in [6.07, 6.45) is 0. The maximum atomic E-state index is 9.19. The van der Waals surface area contributed by atoms with E-state index in [9.17, 15) is 8.42 Å². The summed E-state index contributed by atoms with van der Waals surface area (Å²) in [5, 5.41) is 12.0. The van der Waals surface area contributed by atoms with Crippen molar-refractivity contribution in [2.75, 3.05) is 17.7 Å². The molecule has 0 aliphatic heterocycles. The van der Waals surface area contributed by atoms with Gasteiger partial charge in [0, 0.05) is 12.4 Å². The second kappa shape index (κ2) is 7.70. The fourth-order valence-electron chi connectivity index (χ4n) is 0.786. The number of rotatable bonds is 3. The summed E-state index contributed by atoms with van der Waals surface area (Å²) < 4.78 is 18.4. The highest BCUT2D eigenvalue weighted by molar-refractivity contribution is 7.86. The van der Waals surface area contributed by atoms with Crippen molar-refractivity contribution in [2.45, 2.75) is 0 Å². The molecule has 0 unspecified atom stereocenters. The van der Waals surface area contributed by atoms with Crippen LogP contribution in [0, 0.1) is 0 Å². The fraction of sp³-hybridized carbons (Fsp3) is 0.250. The summed E-state index contributed by atoms with van der Waals surface area (Å²) in [6.45, 7) is 0.741. The van der Waals surface area contributed by atoms with Crippen molar-refractivity contribution in [3.63, 3.8) is 0 Å². The fourth-order valence-corrected chi connectivity index (χ4v) is 1.08. The average Bonchev–Trinajstić information content (AvgIpc) is 2.14. The highest BCUT2D eigenvalue weighted by Gasteiger charge is 1.94. The first-order valence-corrected chi connectivity index (χ1v) is 6.71. The van der Waals surface area contributed by atoms with Gasteiger partial charge < -0.3 is 5.32 Å². The van der Waals surface area contributed by atoms with Crippen molar-refractivity contribution in [3.8, 4) is 0 Å². The van der Waals surface area contributed by atoms with Gasteiger partial charge in [-0.2, -0.15) is 8.42 Å². The first kappa shape index (κ1) is 15.5. The zero-order valence-electron chi connectivity index (χ0n) is 8.36. The zero-order valence-corrected chi connectivity index (χ0v) is 10.7. The molecule has 1 aromatic rings. The second-order valence-electron chi connectivity index (χ2n) is 2.68. The van der Waals surface area contributed by atoms with Crippen LogP contribution in [0.2, 0.25) is 5.02 Å². The zero-order chi connectivity index (χ0) is 12.6. The normalized spacial score (nSPS) is 10.2.